The van der Waals surface area contributed by atoms with E-state index in [0.717, 1.165) is 0 Å². The quantitative estimate of drug-likeness (QED) is 0.795. The second-order valence-corrected chi connectivity index (χ2v) is 4.30. The smallest absolute Gasteiger partial charge is 0.406 e. The van der Waals surface area contributed by atoms with Crippen molar-refractivity contribution in [2.24, 2.45) is 0 Å². The predicted octanol–water partition coefficient (Wildman–Crippen LogP) is 4.00. The first kappa shape index (κ1) is 14.4. The van der Waals surface area contributed by atoms with E-state index in [9.17, 15) is 18.0 Å². The third kappa shape index (κ3) is 2.76. The van der Waals surface area contributed by atoms with Gasteiger partial charge in [-0.2, -0.15) is 13.2 Å². The number of alkyl halides is 3. The molecule has 2 nitrogen and oxygen atoms in total. The van der Waals surface area contributed by atoms with Crippen molar-refractivity contribution in [2.75, 3.05) is 6.61 Å². The minimum atomic E-state index is -4.68. The minimum absolute atomic E-state index is 0.0675. The highest BCUT2D eigenvalue weighted by Crippen LogP contribution is 2.41. The van der Waals surface area contributed by atoms with Crippen LogP contribution in [0.2, 0.25) is 0 Å². The Hall–Kier alpha value is -2.04. The Morgan fingerprint density at radius 2 is 1.85 bits per heavy atom. The Morgan fingerprint density at radius 3 is 2.50 bits per heavy atom. The summed E-state index contributed by atoms with van der Waals surface area (Å²) in [5, 5.41) is 0. The number of carbonyl (C=O) groups is 1. The van der Waals surface area contributed by atoms with Crippen LogP contribution in [0.3, 0.4) is 0 Å². The maximum Gasteiger partial charge on any atom is 0.406 e. The van der Waals surface area contributed by atoms with Gasteiger partial charge in [-0.25, -0.2) is 0 Å². The first-order valence-corrected chi connectivity index (χ1v) is 6.16. The third-order valence-electron chi connectivity index (χ3n) is 2.99. The van der Waals surface area contributed by atoms with Crippen molar-refractivity contribution in [3.63, 3.8) is 0 Å². The summed E-state index contributed by atoms with van der Waals surface area (Å²) in [7, 11) is 0. The standard InChI is InChI=1S/C15H13F3O2/c1-2-20-14(19)13(15(16,17)18)12-9-8-10-6-4-3-5-7-11(10)12/h3-9,13H,2H2,1H3/t13-/m0/s1. The van der Waals surface area contributed by atoms with Crippen LogP contribution < -0.4 is 0 Å². The fourth-order valence-corrected chi connectivity index (χ4v) is 2.15. The van der Waals surface area contributed by atoms with Crippen LogP contribution in [-0.2, 0) is 9.53 Å². The van der Waals surface area contributed by atoms with E-state index in [0.29, 0.717) is 11.1 Å². The molecule has 2 aliphatic rings. The van der Waals surface area contributed by atoms with E-state index >= 15 is 0 Å². The van der Waals surface area contributed by atoms with Crippen molar-refractivity contribution in [3.05, 3.63) is 48.0 Å². The lowest BCUT2D eigenvalue weighted by Gasteiger charge is -2.19. The summed E-state index contributed by atoms with van der Waals surface area (Å²) in [6, 6.07) is 11.3. The highest BCUT2D eigenvalue weighted by molar-refractivity contribution is 5.84. The first-order valence-electron chi connectivity index (χ1n) is 6.16. The van der Waals surface area contributed by atoms with E-state index in [4.69, 9.17) is 0 Å². The summed E-state index contributed by atoms with van der Waals surface area (Å²) in [4.78, 5) is 11.7. The second-order valence-electron chi connectivity index (χ2n) is 4.30. The van der Waals surface area contributed by atoms with Crippen molar-refractivity contribution in [1.82, 2.24) is 0 Å². The molecule has 2 aliphatic carbocycles. The second kappa shape index (κ2) is 5.53. The number of hydrogen-bond donors (Lipinski definition) is 0. The Labute approximate surface area is 114 Å². The fourth-order valence-electron chi connectivity index (χ4n) is 2.15. The molecule has 0 spiro atoms. The minimum Gasteiger partial charge on any atom is -0.465 e. The maximum absolute atomic E-state index is 13.2. The van der Waals surface area contributed by atoms with Gasteiger partial charge in [-0.3, -0.25) is 4.79 Å². The first-order chi connectivity index (χ1) is 9.45. The van der Waals surface area contributed by atoms with Crippen molar-refractivity contribution in [1.29, 1.82) is 0 Å². The Morgan fingerprint density at radius 1 is 1.15 bits per heavy atom. The highest BCUT2D eigenvalue weighted by atomic mass is 19.4. The molecule has 1 atom stereocenters. The number of halogens is 3. The number of hydrogen-bond acceptors (Lipinski definition) is 2. The lowest BCUT2D eigenvalue weighted by molar-refractivity contribution is -0.180. The molecule has 0 aromatic heterocycles. The zero-order valence-electron chi connectivity index (χ0n) is 10.8. The number of ether oxygens (including phenoxy) is 1. The van der Waals surface area contributed by atoms with Gasteiger partial charge in [-0.1, -0.05) is 42.5 Å². The third-order valence-corrected chi connectivity index (χ3v) is 2.99. The zero-order chi connectivity index (χ0) is 14.8. The summed E-state index contributed by atoms with van der Waals surface area (Å²) < 4.78 is 44.1. The number of carbonyl (C=O) groups excluding carboxylic acids is 1. The van der Waals surface area contributed by atoms with Crippen molar-refractivity contribution < 1.29 is 22.7 Å². The molecule has 0 aromatic rings. The lowest BCUT2D eigenvalue weighted by atomic mass is 9.96. The van der Waals surface area contributed by atoms with Gasteiger partial charge in [0.1, 0.15) is 0 Å². The molecular weight excluding hydrogens is 269 g/mol. The summed E-state index contributed by atoms with van der Waals surface area (Å²) in [5.74, 6) is -3.51. The van der Waals surface area contributed by atoms with Crippen molar-refractivity contribution >= 4 is 5.97 Å². The summed E-state index contributed by atoms with van der Waals surface area (Å²) in [5.41, 5.74) is 0.996. The van der Waals surface area contributed by atoms with Gasteiger partial charge in [0.25, 0.3) is 0 Å². The van der Waals surface area contributed by atoms with Crippen molar-refractivity contribution in [2.45, 2.75) is 19.0 Å². The molecule has 0 aliphatic heterocycles. The molecule has 0 heterocycles. The van der Waals surface area contributed by atoms with E-state index in [2.05, 4.69) is 4.74 Å². The van der Waals surface area contributed by atoms with Gasteiger partial charge >= 0.3 is 12.1 Å². The largest absolute Gasteiger partial charge is 0.465 e. The molecule has 0 amide bonds. The van der Waals surface area contributed by atoms with Crippen LogP contribution in [0, 0.1) is 0 Å². The monoisotopic (exact) mass is 282 g/mol. The summed E-state index contributed by atoms with van der Waals surface area (Å²) >= 11 is 0. The van der Waals surface area contributed by atoms with E-state index in [1.165, 1.54) is 13.0 Å². The van der Waals surface area contributed by atoms with Crippen LogP contribution in [0.1, 0.15) is 18.4 Å². The van der Waals surface area contributed by atoms with Gasteiger partial charge in [-0.15, -0.1) is 0 Å². The SMILES string of the molecule is CCOC(=O)[C@H](c1ccc2cccccc1-2)C(F)(F)F. The molecule has 0 radical (unpaired) electrons. The van der Waals surface area contributed by atoms with Crippen LogP contribution in [0.5, 0.6) is 0 Å². The van der Waals surface area contributed by atoms with Gasteiger partial charge in [0, 0.05) is 0 Å². The van der Waals surface area contributed by atoms with Crippen LogP contribution in [-0.4, -0.2) is 18.8 Å². The maximum atomic E-state index is 13.2. The van der Waals surface area contributed by atoms with E-state index in [1.807, 2.05) is 0 Å². The van der Waals surface area contributed by atoms with Gasteiger partial charge in [0.05, 0.1) is 6.61 Å². The van der Waals surface area contributed by atoms with Crippen LogP contribution in [0.15, 0.2) is 42.5 Å². The van der Waals surface area contributed by atoms with Gasteiger partial charge in [-0.05, 0) is 23.6 Å². The number of fused-ring (bicyclic) bond motifs is 1. The molecule has 5 heteroatoms. The molecule has 0 N–H and O–H groups in total. The summed E-state index contributed by atoms with van der Waals surface area (Å²) in [6.45, 7) is 1.40. The fraction of sp³-hybridized carbons (Fsp3) is 0.267. The molecule has 0 aromatic carbocycles. The van der Waals surface area contributed by atoms with Crippen LogP contribution in [0.25, 0.3) is 11.1 Å². The van der Waals surface area contributed by atoms with Gasteiger partial charge in [0.2, 0.25) is 0 Å². The summed E-state index contributed by atoms with van der Waals surface area (Å²) in [6.07, 6.45) is -4.68. The normalized spacial score (nSPS) is 13.2. The molecule has 106 valence electrons. The topological polar surface area (TPSA) is 26.3 Å². The number of rotatable bonds is 3. The highest BCUT2D eigenvalue weighted by Gasteiger charge is 2.48. The average Bonchev–Trinajstić information content (AvgIpc) is 2.59. The molecule has 0 bridgehead atoms. The Balaban J connectivity index is 2.51. The molecule has 0 saturated heterocycles. The van der Waals surface area contributed by atoms with Gasteiger partial charge in [0.15, 0.2) is 5.92 Å². The van der Waals surface area contributed by atoms with E-state index < -0.39 is 18.1 Å². The van der Waals surface area contributed by atoms with Crippen LogP contribution >= 0.6 is 0 Å². The Bertz CT molecular complexity index is 578. The molecule has 0 saturated carbocycles. The van der Waals surface area contributed by atoms with Gasteiger partial charge < -0.3 is 4.74 Å². The molecule has 2 rings (SSSR count). The molecular formula is C15H13F3O2. The Kier molecular flexibility index (Phi) is 3.97. The van der Waals surface area contributed by atoms with E-state index in [-0.39, 0.29) is 12.2 Å². The zero-order valence-corrected chi connectivity index (χ0v) is 10.8. The predicted molar refractivity (Wildman–Crippen MR) is 68.5 cm³/mol. The average molecular weight is 282 g/mol. The number of esters is 1. The molecule has 0 fully saturated rings. The van der Waals surface area contributed by atoms with Crippen LogP contribution in [0.4, 0.5) is 13.2 Å². The molecule has 20 heavy (non-hydrogen) atoms. The lowest BCUT2D eigenvalue weighted by Crippen LogP contribution is -2.30. The van der Waals surface area contributed by atoms with Crippen molar-refractivity contribution in [3.8, 4) is 11.1 Å². The molecule has 0 unspecified atom stereocenters. The van der Waals surface area contributed by atoms with E-state index in [1.54, 1.807) is 36.4 Å².